The van der Waals surface area contributed by atoms with E-state index in [1.54, 1.807) is 24.3 Å². The summed E-state index contributed by atoms with van der Waals surface area (Å²) in [6.07, 6.45) is 0. The molecule has 1 aliphatic heterocycles. The quantitative estimate of drug-likeness (QED) is 0.199. The maximum absolute atomic E-state index is 14.8. The summed E-state index contributed by atoms with van der Waals surface area (Å²) in [5.41, 5.74) is 14.5. The van der Waals surface area contributed by atoms with Crippen LogP contribution >= 0.6 is 0 Å². The number of anilines is 2. The first-order valence-corrected chi connectivity index (χ1v) is 12.2. The van der Waals surface area contributed by atoms with Crippen LogP contribution in [-0.4, -0.2) is 63.1 Å². The fraction of sp³-hybridized carbons (Fsp3) is 0.286. The second kappa shape index (κ2) is 12.3. The molecule has 0 saturated carbocycles. The van der Waals surface area contributed by atoms with Crippen molar-refractivity contribution in [1.29, 1.82) is 0 Å². The average molecular weight is 506 g/mol. The van der Waals surface area contributed by atoms with Crippen LogP contribution < -0.4 is 21.1 Å². The number of nitrogen functional groups attached to an aromatic ring is 1. The number of benzene rings is 3. The van der Waals surface area contributed by atoms with Crippen LogP contribution in [0.5, 0.6) is 5.75 Å². The van der Waals surface area contributed by atoms with Gasteiger partial charge in [0.2, 0.25) is 0 Å². The molecule has 4 N–H and O–H groups in total. The van der Waals surface area contributed by atoms with E-state index in [0.717, 1.165) is 37.4 Å². The fourth-order valence-corrected chi connectivity index (χ4v) is 4.02. The standard InChI is InChI=1S/C28H32FN5O3/c1-33-11-13-34(14-12-33)21-7-9-23(25(29)17-21)28(35)32-27(31)24-10-8-22(18-26(24)30)37-16-15-36-19-20-5-3-2-4-6-20/h2-10,17-18H,11-16,19,30H2,1H3,(H2,31,32,35). The molecule has 37 heavy (non-hydrogen) atoms. The number of halogens is 1. The van der Waals surface area contributed by atoms with Gasteiger partial charge in [0.25, 0.3) is 5.91 Å². The Morgan fingerprint density at radius 1 is 0.973 bits per heavy atom. The molecule has 1 amide bonds. The van der Waals surface area contributed by atoms with Crippen LogP contribution in [0.2, 0.25) is 0 Å². The Morgan fingerprint density at radius 2 is 1.70 bits per heavy atom. The molecule has 1 heterocycles. The average Bonchev–Trinajstić information content (AvgIpc) is 2.89. The maximum Gasteiger partial charge on any atom is 0.281 e. The number of carbonyl (C=O) groups excluding carboxylic acids is 1. The summed E-state index contributed by atoms with van der Waals surface area (Å²) < 4.78 is 26.1. The summed E-state index contributed by atoms with van der Waals surface area (Å²) in [5, 5.41) is 0. The van der Waals surface area contributed by atoms with Crippen molar-refractivity contribution in [1.82, 2.24) is 4.90 Å². The number of piperazine rings is 1. The third-order valence-electron chi connectivity index (χ3n) is 6.18. The molecular formula is C28H32FN5O3. The molecule has 0 radical (unpaired) electrons. The van der Waals surface area contributed by atoms with E-state index in [2.05, 4.69) is 21.8 Å². The van der Waals surface area contributed by atoms with Crippen molar-refractivity contribution in [2.75, 3.05) is 57.1 Å². The molecule has 4 rings (SSSR count). The van der Waals surface area contributed by atoms with E-state index in [9.17, 15) is 9.18 Å². The highest BCUT2D eigenvalue weighted by atomic mass is 19.1. The predicted octanol–water partition coefficient (Wildman–Crippen LogP) is 3.30. The van der Waals surface area contributed by atoms with Gasteiger partial charge in [-0.3, -0.25) is 4.79 Å². The molecule has 0 spiro atoms. The number of carbonyl (C=O) groups is 1. The van der Waals surface area contributed by atoms with E-state index < -0.39 is 11.7 Å². The summed E-state index contributed by atoms with van der Waals surface area (Å²) in [5.74, 6) is -0.962. The first-order chi connectivity index (χ1) is 17.9. The lowest BCUT2D eigenvalue weighted by molar-refractivity contribution is 0.0889. The third-order valence-corrected chi connectivity index (χ3v) is 6.18. The molecule has 1 aliphatic rings. The molecule has 1 saturated heterocycles. The summed E-state index contributed by atoms with van der Waals surface area (Å²) in [4.78, 5) is 20.9. The summed E-state index contributed by atoms with van der Waals surface area (Å²) in [7, 11) is 2.05. The lowest BCUT2D eigenvalue weighted by Gasteiger charge is -2.34. The molecule has 0 unspecified atom stereocenters. The molecule has 3 aromatic carbocycles. The number of hydrogen-bond donors (Lipinski definition) is 2. The lowest BCUT2D eigenvalue weighted by atomic mass is 10.1. The van der Waals surface area contributed by atoms with Crippen molar-refractivity contribution >= 4 is 23.1 Å². The molecule has 8 nitrogen and oxygen atoms in total. The van der Waals surface area contributed by atoms with Gasteiger partial charge in [-0.1, -0.05) is 30.3 Å². The van der Waals surface area contributed by atoms with E-state index in [4.69, 9.17) is 20.9 Å². The van der Waals surface area contributed by atoms with Gasteiger partial charge in [-0.15, -0.1) is 0 Å². The van der Waals surface area contributed by atoms with Crippen molar-refractivity contribution in [3.8, 4) is 5.75 Å². The molecule has 0 aromatic heterocycles. The van der Waals surface area contributed by atoms with Gasteiger partial charge in [-0.05, 0) is 42.9 Å². The lowest BCUT2D eigenvalue weighted by Crippen LogP contribution is -2.44. The van der Waals surface area contributed by atoms with Gasteiger partial charge in [-0.2, -0.15) is 4.99 Å². The van der Waals surface area contributed by atoms with Gasteiger partial charge in [0.05, 0.1) is 18.8 Å². The zero-order valence-electron chi connectivity index (χ0n) is 20.9. The smallest absolute Gasteiger partial charge is 0.281 e. The minimum Gasteiger partial charge on any atom is -0.491 e. The predicted molar refractivity (Wildman–Crippen MR) is 144 cm³/mol. The van der Waals surface area contributed by atoms with Crippen molar-refractivity contribution in [3.63, 3.8) is 0 Å². The molecule has 0 atom stereocenters. The number of amides is 1. The number of amidine groups is 1. The van der Waals surface area contributed by atoms with E-state index in [-0.39, 0.29) is 11.4 Å². The van der Waals surface area contributed by atoms with Crippen LogP contribution in [0.3, 0.4) is 0 Å². The number of ether oxygens (including phenoxy) is 2. The van der Waals surface area contributed by atoms with Gasteiger partial charge in [0, 0.05) is 49.2 Å². The van der Waals surface area contributed by atoms with Crippen LogP contribution in [0, 0.1) is 5.82 Å². The SMILES string of the molecule is CN1CCN(c2ccc(C(=O)N=C(N)c3ccc(OCCOCc4ccccc4)cc3N)c(F)c2)CC1. The van der Waals surface area contributed by atoms with E-state index in [0.29, 0.717) is 36.8 Å². The Morgan fingerprint density at radius 3 is 2.41 bits per heavy atom. The fourth-order valence-electron chi connectivity index (χ4n) is 4.02. The molecule has 0 aliphatic carbocycles. The largest absolute Gasteiger partial charge is 0.491 e. The second-order valence-electron chi connectivity index (χ2n) is 8.89. The zero-order valence-corrected chi connectivity index (χ0v) is 20.9. The van der Waals surface area contributed by atoms with Crippen LogP contribution in [0.25, 0.3) is 0 Å². The molecule has 1 fully saturated rings. The number of likely N-dealkylation sites (N-methyl/N-ethyl adjacent to an activating group) is 1. The number of rotatable bonds is 9. The van der Waals surface area contributed by atoms with Crippen molar-refractivity contribution in [2.24, 2.45) is 10.7 Å². The Hall–Kier alpha value is -3.95. The van der Waals surface area contributed by atoms with Crippen molar-refractivity contribution in [2.45, 2.75) is 6.61 Å². The van der Waals surface area contributed by atoms with E-state index >= 15 is 0 Å². The highest BCUT2D eigenvalue weighted by Gasteiger charge is 2.18. The Balaban J connectivity index is 1.33. The molecule has 194 valence electrons. The maximum atomic E-state index is 14.8. The van der Waals surface area contributed by atoms with Gasteiger partial charge in [0.1, 0.15) is 24.0 Å². The normalized spacial score (nSPS) is 14.5. The number of hydrogen-bond acceptors (Lipinski definition) is 6. The molecule has 3 aromatic rings. The first-order valence-electron chi connectivity index (χ1n) is 12.2. The van der Waals surface area contributed by atoms with E-state index in [1.807, 2.05) is 30.3 Å². The first kappa shape index (κ1) is 26.1. The third kappa shape index (κ3) is 7.05. The zero-order chi connectivity index (χ0) is 26.2. The number of aliphatic imine (C=N–C) groups is 1. The van der Waals surface area contributed by atoms with Gasteiger partial charge >= 0.3 is 0 Å². The van der Waals surface area contributed by atoms with Crippen molar-refractivity contribution in [3.05, 3.63) is 89.2 Å². The van der Waals surface area contributed by atoms with Crippen LogP contribution in [0.4, 0.5) is 15.8 Å². The molecular weight excluding hydrogens is 473 g/mol. The number of nitrogens with zero attached hydrogens (tertiary/aromatic N) is 3. The molecule has 9 heteroatoms. The van der Waals surface area contributed by atoms with Crippen molar-refractivity contribution < 1.29 is 18.7 Å². The van der Waals surface area contributed by atoms with Crippen LogP contribution in [0.15, 0.2) is 71.7 Å². The van der Waals surface area contributed by atoms with Gasteiger partial charge in [0.15, 0.2) is 0 Å². The summed E-state index contributed by atoms with van der Waals surface area (Å²) in [6.45, 7) is 4.66. The number of nitrogens with two attached hydrogens (primary N) is 2. The Bertz CT molecular complexity index is 1240. The van der Waals surface area contributed by atoms with Crippen LogP contribution in [0.1, 0.15) is 21.5 Å². The Kier molecular flexibility index (Phi) is 8.71. The van der Waals surface area contributed by atoms with Crippen LogP contribution in [-0.2, 0) is 11.3 Å². The van der Waals surface area contributed by atoms with Gasteiger partial charge < -0.3 is 30.7 Å². The summed E-state index contributed by atoms with van der Waals surface area (Å²) in [6, 6.07) is 19.3. The second-order valence-corrected chi connectivity index (χ2v) is 8.89. The monoisotopic (exact) mass is 505 g/mol. The highest BCUT2D eigenvalue weighted by molar-refractivity contribution is 6.11. The minimum absolute atomic E-state index is 0.0946. The Labute approximate surface area is 216 Å². The van der Waals surface area contributed by atoms with E-state index in [1.165, 1.54) is 12.1 Å². The highest BCUT2D eigenvalue weighted by Crippen LogP contribution is 2.22. The minimum atomic E-state index is -0.768. The topological polar surface area (TPSA) is 106 Å². The van der Waals surface area contributed by atoms with Gasteiger partial charge in [-0.25, -0.2) is 4.39 Å². The molecule has 0 bridgehead atoms. The summed E-state index contributed by atoms with van der Waals surface area (Å²) >= 11 is 0.